The zero-order valence-corrected chi connectivity index (χ0v) is 16.8. The minimum absolute atomic E-state index is 0.308. The normalized spacial score (nSPS) is 13.6. The summed E-state index contributed by atoms with van der Waals surface area (Å²) in [6, 6.07) is -0.858. The molecule has 0 heterocycles. The Morgan fingerprint density at radius 3 is 2.32 bits per heavy atom. The van der Waals surface area contributed by atoms with Gasteiger partial charge in [-0.1, -0.05) is 41.0 Å². The van der Waals surface area contributed by atoms with E-state index >= 15 is 0 Å². The van der Waals surface area contributed by atoms with Gasteiger partial charge in [0.05, 0.1) is 0 Å². The third-order valence-corrected chi connectivity index (χ3v) is 4.22. The molecule has 0 aliphatic rings. The standard InChI is InChI=1S/C20H31NO3S/c1-15(2)8-6-9-16(3)10-7-11-17(4)12-13-25-14-19(20(23)24)21-18(5)22/h8,10-13,19H,6-7,9,14H2,1-5H3,(H,21,22)(H,23,24)/b13-12+,16-10+,17-11+/t19-/m0/s1. The Hall–Kier alpha value is -1.75. The Morgan fingerprint density at radius 1 is 1.08 bits per heavy atom. The average molecular weight is 366 g/mol. The SMILES string of the molecule is CC(=O)N[C@@H](CS/C=C/C(C)=C/C/C=C(\C)CCC=C(C)C)C(=O)O. The Balaban J connectivity index is 4.25. The predicted octanol–water partition coefficient (Wildman–Crippen LogP) is 4.85. The first-order valence-electron chi connectivity index (χ1n) is 8.46. The summed E-state index contributed by atoms with van der Waals surface area (Å²) in [6.45, 7) is 9.72. The van der Waals surface area contributed by atoms with Crippen LogP contribution in [-0.2, 0) is 9.59 Å². The van der Waals surface area contributed by atoms with Crippen molar-refractivity contribution in [1.82, 2.24) is 5.32 Å². The molecular weight excluding hydrogens is 334 g/mol. The van der Waals surface area contributed by atoms with Gasteiger partial charge in [0.15, 0.2) is 0 Å². The number of amides is 1. The highest BCUT2D eigenvalue weighted by Crippen LogP contribution is 2.11. The minimum Gasteiger partial charge on any atom is -0.480 e. The van der Waals surface area contributed by atoms with Crippen molar-refractivity contribution < 1.29 is 14.7 Å². The lowest BCUT2D eigenvalue weighted by molar-refractivity contribution is -0.140. The molecule has 0 aromatic carbocycles. The number of hydrogen-bond acceptors (Lipinski definition) is 3. The number of carbonyl (C=O) groups is 2. The number of carboxylic acids is 1. The monoisotopic (exact) mass is 365 g/mol. The van der Waals surface area contributed by atoms with Gasteiger partial charge in [-0.15, -0.1) is 11.8 Å². The van der Waals surface area contributed by atoms with E-state index in [1.54, 1.807) is 0 Å². The van der Waals surface area contributed by atoms with Crippen LogP contribution < -0.4 is 5.32 Å². The fourth-order valence-corrected chi connectivity index (χ4v) is 2.77. The van der Waals surface area contributed by atoms with Crippen LogP contribution in [0.2, 0.25) is 0 Å². The van der Waals surface area contributed by atoms with Crippen LogP contribution in [0, 0.1) is 0 Å². The quantitative estimate of drug-likeness (QED) is 0.406. The van der Waals surface area contributed by atoms with E-state index in [-0.39, 0.29) is 5.91 Å². The molecule has 0 fully saturated rings. The van der Waals surface area contributed by atoms with Crippen LogP contribution in [0.5, 0.6) is 0 Å². The van der Waals surface area contributed by atoms with Gasteiger partial charge >= 0.3 is 5.97 Å². The van der Waals surface area contributed by atoms with E-state index in [0.29, 0.717) is 5.75 Å². The number of nitrogens with one attached hydrogen (secondary N) is 1. The van der Waals surface area contributed by atoms with Gasteiger partial charge in [-0.25, -0.2) is 4.79 Å². The number of carbonyl (C=O) groups excluding carboxylic acids is 1. The average Bonchev–Trinajstić information content (AvgIpc) is 2.49. The minimum atomic E-state index is -1.02. The van der Waals surface area contributed by atoms with E-state index in [9.17, 15) is 9.59 Å². The molecule has 0 aromatic heterocycles. The van der Waals surface area contributed by atoms with Crippen molar-refractivity contribution in [2.45, 2.75) is 59.9 Å². The molecule has 2 N–H and O–H groups in total. The molecule has 4 nitrogen and oxygen atoms in total. The first-order chi connectivity index (χ1) is 11.7. The van der Waals surface area contributed by atoms with Crippen molar-refractivity contribution in [2.75, 3.05) is 5.75 Å². The second-order valence-electron chi connectivity index (χ2n) is 6.28. The van der Waals surface area contributed by atoms with Gasteiger partial charge < -0.3 is 10.4 Å². The molecule has 1 atom stereocenters. The molecule has 0 radical (unpaired) electrons. The summed E-state index contributed by atoms with van der Waals surface area (Å²) in [7, 11) is 0. The van der Waals surface area contributed by atoms with Crippen molar-refractivity contribution in [3.05, 3.63) is 46.4 Å². The van der Waals surface area contributed by atoms with Gasteiger partial charge in [-0.2, -0.15) is 0 Å². The van der Waals surface area contributed by atoms with Gasteiger partial charge in [0.1, 0.15) is 6.04 Å². The molecule has 0 unspecified atom stereocenters. The molecule has 1 amide bonds. The van der Waals surface area contributed by atoms with Gasteiger partial charge in [0.25, 0.3) is 0 Å². The molecule has 0 aromatic rings. The highest BCUT2D eigenvalue weighted by Gasteiger charge is 2.17. The van der Waals surface area contributed by atoms with Crippen LogP contribution in [0.25, 0.3) is 0 Å². The van der Waals surface area contributed by atoms with Crippen LogP contribution in [-0.4, -0.2) is 28.8 Å². The van der Waals surface area contributed by atoms with Crippen molar-refractivity contribution >= 4 is 23.6 Å². The fourth-order valence-electron chi connectivity index (χ4n) is 1.93. The summed E-state index contributed by atoms with van der Waals surface area (Å²) < 4.78 is 0. The van der Waals surface area contributed by atoms with E-state index in [0.717, 1.165) is 24.8 Å². The highest BCUT2D eigenvalue weighted by atomic mass is 32.2. The molecule has 0 saturated heterocycles. The molecule has 0 aliphatic carbocycles. The summed E-state index contributed by atoms with van der Waals surface area (Å²) in [4.78, 5) is 22.0. The molecule has 0 spiro atoms. The number of rotatable bonds is 11. The van der Waals surface area contributed by atoms with Crippen molar-refractivity contribution in [1.29, 1.82) is 0 Å². The zero-order valence-electron chi connectivity index (χ0n) is 16.0. The topological polar surface area (TPSA) is 66.4 Å². The lowest BCUT2D eigenvalue weighted by Crippen LogP contribution is -2.41. The maximum atomic E-state index is 11.0. The third-order valence-electron chi connectivity index (χ3n) is 3.36. The lowest BCUT2D eigenvalue weighted by atomic mass is 10.1. The van der Waals surface area contributed by atoms with E-state index < -0.39 is 12.0 Å². The Kier molecular flexibility index (Phi) is 12.6. The second kappa shape index (κ2) is 13.5. The Labute approximate surface area is 156 Å². The maximum Gasteiger partial charge on any atom is 0.327 e. The van der Waals surface area contributed by atoms with Gasteiger partial charge in [-0.3, -0.25) is 4.79 Å². The summed E-state index contributed by atoms with van der Waals surface area (Å²) in [6.07, 6.45) is 11.7. The number of hydrogen-bond donors (Lipinski definition) is 2. The summed E-state index contributed by atoms with van der Waals surface area (Å²) in [5.41, 5.74) is 3.88. The van der Waals surface area contributed by atoms with Crippen LogP contribution in [0.3, 0.4) is 0 Å². The molecule has 25 heavy (non-hydrogen) atoms. The molecule has 5 heteroatoms. The predicted molar refractivity (Wildman–Crippen MR) is 108 cm³/mol. The Bertz CT molecular complexity index is 555. The van der Waals surface area contributed by atoms with Crippen LogP contribution >= 0.6 is 11.8 Å². The molecule has 0 bridgehead atoms. The van der Waals surface area contributed by atoms with E-state index in [1.807, 2.05) is 18.4 Å². The summed E-state index contributed by atoms with van der Waals surface area (Å²) in [5.74, 6) is -1.04. The lowest BCUT2D eigenvalue weighted by Gasteiger charge is -2.10. The maximum absolute atomic E-state index is 11.0. The van der Waals surface area contributed by atoms with E-state index in [4.69, 9.17) is 5.11 Å². The molecule has 140 valence electrons. The second-order valence-corrected chi connectivity index (χ2v) is 7.22. The zero-order chi connectivity index (χ0) is 19.2. The molecule has 0 saturated carbocycles. The first-order valence-corrected chi connectivity index (χ1v) is 9.51. The fraction of sp³-hybridized carbons (Fsp3) is 0.500. The number of thioether (sulfide) groups is 1. The van der Waals surface area contributed by atoms with Crippen LogP contribution in [0.4, 0.5) is 0 Å². The highest BCUT2D eigenvalue weighted by molar-refractivity contribution is 8.02. The number of allylic oxidation sites excluding steroid dienone is 7. The molecular formula is C20H31NO3S. The van der Waals surface area contributed by atoms with Gasteiger partial charge in [-0.05, 0) is 52.4 Å². The molecule has 0 aliphatic heterocycles. The smallest absolute Gasteiger partial charge is 0.327 e. The van der Waals surface area contributed by atoms with Crippen LogP contribution in [0.1, 0.15) is 53.9 Å². The largest absolute Gasteiger partial charge is 0.480 e. The first kappa shape index (κ1) is 23.2. The van der Waals surface area contributed by atoms with E-state index in [1.165, 1.54) is 29.8 Å². The van der Waals surface area contributed by atoms with Gasteiger partial charge in [0, 0.05) is 12.7 Å². The molecule has 0 rings (SSSR count). The summed E-state index contributed by atoms with van der Waals surface area (Å²) >= 11 is 1.37. The number of aliphatic carboxylic acids is 1. The van der Waals surface area contributed by atoms with Crippen molar-refractivity contribution in [3.63, 3.8) is 0 Å². The van der Waals surface area contributed by atoms with Crippen molar-refractivity contribution in [3.8, 4) is 0 Å². The van der Waals surface area contributed by atoms with E-state index in [2.05, 4.69) is 44.3 Å². The van der Waals surface area contributed by atoms with Gasteiger partial charge in [0.2, 0.25) is 5.91 Å². The third kappa shape index (κ3) is 14.3. The van der Waals surface area contributed by atoms with Crippen molar-refractivity contribution in [2.24, 2.45) is 0 Å². The summed E-state index contributed by atoms with van der Waals surface area (Å²) in [5, 5.41) is 13.3. The Morgan fingerprint density at radius 2 is 1.76 bits per heavy atom. The van der Waals surface area contributed by atoms with Crippen LogP contribution in [0.15, 0.2) is 46.4 Å². The number of carboxylic acid groups (broad SMARTS) is 1.